The average molecular weight is 420 g/mol. The van der Waals surface area contributed by atoms with E-state index in [2.05, 4.69) is 22.6 Å². The third-order valence-corrected chi connectivity index (χ3v) is 7.63. The van der Waals surface area contributed by atoms with Crippen LogP contribution in [0.5, 0.6) is 0 Å². The van der Waals surface area contributed by atoms with Crippen molar-refractivity contribution in [1.29, 1.82) is 0 Å². The number of amides is 1. The molecule has 0 spiro atoms. The first-order chi connectivity index (χ1) is 13.8. The highest BCUT2D eigenvalue weighted by atomic mass is 32.2. The van der Waals surface area contributed by atoms with Crippen LogP contribution in [0.4, 0.5) is 0 Å². The SMILES string of the molecule is Cc1noc(C)c1S(=O)(=O)N1CCC(C(=O)NC(C)CCc2ccccc2)CC1. The molecule has 1 amide bonds. The van der Waals surface area contributed by atoms with Crippen molar-refractivity contribution in [2.75, 3.05) is 13.1 Å². The van der Waals surface area contributed by atoms with Crippen LogP contribution in [0, 0.1) is 19.8 Å². The van der Waals surface area contributed by atoms with Crippen LogP contribution in [0.25, 0.3) is 0 Å². The smallest absolute Gasteiger partial charge is 0.248 e. The number of carbonyl (C=O) groups excluding carboxylic acids is 1. The van der Waals surface area contributed by atoms with Crippen molar-refractivity contribution < 1.29 is 17.7 Å². The maximum absolute atomic E-state index is 12.9. The molecule has 1 fully saturated rings. The molecule has 0 aliphatic carbocycles. The van der Waals surface area contributed by atoms with E-state index in [9.17, 15) is 13.2 Å². The van der Waals surface area contributed by atoms with E-state index in [4.69, 9.17) is 4.52 Å². The van der Waals surface area contributed by atoms with Gasteiger partial charge in [0.05, 0.1) is 0 Å². The largest absolute Gasteiger partial charge is 0.360 e. The van der Waals surface area contributed by atoms with E-state index in [1.807, 2.05) is 25.1 Å². The first-order valence-electron chi connectivity index (χ1n) is 10.1. The summed E-state index contributed by atoms with van der Waals surface area (Å²) in [5.41, 5.74) is 1.63. The number of benzene rings is 1. The highest BCUT2D eigenvalue weighted by molar-refractivity contribution is 7.89. The van der Waals surface area contributed by atoms with Gasteiger partial charge in [-0.15, -0.1) is 0 Å². The first kappa shape index (κ1) is 21.5. The number of hydrogen-bond acceptors (Lipinski definition) is 5. The van der Waals surface area contributed by atoms with Gasteiger partial charge in [-0.1, -0.05) is 35.5 Å². The van der Waals surface area contributed by atoms with Crippen LogP contribution in [-0.4, -0.2) is 42.9 Å². The fourth-order valence-corrected chi connectivity index (χ4v) is 5.55. The Balaban J connectivity index is 1.50. The zero-order chi connectivity index (χ0) is 21.0. The van der Waals surface area contributed by atoms with Gasteiger partial charge in [-0.25, -0.2) is 8.42 Å². The number of hydrogen-bond donors (Lipinski definition) is 1. The topological polar surface area (TPSA) is 92.5 Å². The molecule has 1 aliphatic heterocycles. The average Bonchev–Trinajstić information content (AvgIpc) is 3.06. The van der Waals surface area contributed by atoms with E-state index >= 15 is 0 Å². The fraction of sp³-hybridized carbons (Fsp3) is 0.524. The lowest BCUT2D eigenvalue weighted by Crippen LogP contribution is -2.45. The molecule has 29 heavy (non-hydrogen) atoms. The Hall–Kier alpha value is -2.19. The van der Waals surface area contributed by atoms with Crippen LogP contribution in [0.2, 0.25) is 0 Å². The molecule has 1 aromatic heterocycles. The second-order valence-corrected chi connectivity index (χ2v) is 9.64. The number of nitrogens with zero attached hydrogens (tertiary/aromatic N) is 2. The van der Waals surface area contributed by atoms with Crippen LogP contribution in [-0.2, 0) is 21.2 Å². The number of rotatable bonds is 7. The Kier molecular flexibility index (Phi) is 6.74. The summed E-state index contributed by atoms with van der Waals surface area (Å²) in [5.74, 6) is 0.153. The second kappa shape index (κ2) is 9.09. The van der Waals surface area contributed by atoms with Crippen molar-refractivity contribution in [2.24, 2.45) is 5.92 Å². The van der Waals surface area contributed by atoms with Crippen LogP contribution in [0.3, 0.4) is 0 Å². The van der Waals surface area contributed by atoms with E-state index in [1.165, 1.54) is 9.87 Å². The lowest BCUT2D eigenvalue weighted by atomic mass is 9.96. The van der Waals surface area contributed by atoms with Crippen molar-refractivity contribution >= 4 is 15.9 Å². The maximum Gasteiger partial charge on any atom is 0.248 e. The van der Waals surface area contributed by atoms with Crippen molar-refractivity contribution in [3.05, 3.63) is 47.3 Å². The standard InChI is InChI=1S/C21H29N3O4S/c1-15(9-10-18-7-5-4-6-8-18)22-21(25)19-11-13-24(14-12-19)29(26,27)20-16(2)23-28-17(20)3/h4-8,15,19H,9-14H2,1-3H3,(H,22,25). The zero-order valence-corrected chi connectivity index (χ0v) is 18.0. The van der Waals surface area contributed by atoms with Gasteiger partial charge in [0.1, 0.15) is 10.6 Å². The first-order valence-corrected chi connectivity index (χ1v) is 11.5. The second-order valence-electron chi connectivity index (χ2n) is 7.77. The van der Waals surface area contributed by atoms with E-state index < -0.39 is 10.0 Å². The van der Waals surface area contributed by atoms with Gasteiger partial charge in [-0.2, -0.15) is 4.31 Å². The summed E-state index contributed by atoms with van der Waals surface area (Å²) in [4.78, 5) is 12.8. The summed E-state index contributed by atoms with van der Waals surface area (Å²) in [6.07, 6.45) is 2.81. The van der Waals surface area contributed by atoms with Gasteiger partial charge in [0.25, 0.3) is 0 Å². The molecule has 7 nitrogen and oxygen atoms in total. The minimum atomic E-state index is -3.65. The Morgan fingerprint density at radius 3 is 2.48 bits per heavy atom. The van der Waals surface area contributed by atoms with Gasteiger partial charge in [0.2, 0.25) is 15.9 Å². The number of sulfonamides is 1. The van der Waals surface area contributed by atoms with Crippen LogP contribution < -0.4 is 5.32 Å². The Morgan fingerprint density at radius 2 is 1.90 bits per heavy atom. The van der Waals surface area contributed by atoms with Crippen LogP contribution in [0.15, 0.2) is 39.8 Å². The molecule has 0 saturated carbocycles. The molecule has 1 aliphatic rings. The molecule has 2 aromatic rings. The van der Waals surface area contributed by atoms with Gasteiger partial charge in [-0.3, -0.25) is 4.79 Å². The van der Waals surface area contributed by atoms with Gasteiger partial charge in [0.15, 0.2) is 5.76 Å². The van der Waals surface area contributed by atoms with E-state index in [1.54, 1.807) is 13.8 Å². The Labute approximate surface area is 172 Å². The van der Waals surface area contributed by atoms with Crippen molar-refractivity contribution in [1.82, 2.24) is 14.8 Å². The van der Waals surface area contributed by atoms with Gasteiger partial charge < -0.3 is 9.84 Å². The number of carbonyl (C=O) groups is 1. The van der Waals surface area contributed by atoms with E-state index in [0.29, 0.717) is 37.4 Å². The Bertz CT molecular complexity index is 913. The molecular formula is C21H29N3O4S. The summed E-state index contributed by atoms with van der Waals surface area (Å²) < 4.78 is 32.2. The van der Waals surface area contributed by atoms with Gasteiger partial charge in [-0.05, 0) is 52.0 Å². The summed E-state index contributed by atoms with van der Waals surface area (Å²) in [7, 11) is -3.65. The number of aromatic nitrogens is 1. The predicted octanol–water partition coefficient (Wildman–Crippen LogP) is 2.83. The molecule has 1 N–H and O–H groups in total. The quantitative estimate of drug-likeness (QED) is 0.745. The number of piperidine rings is 1. The molecule has 1 aromatic carbocycles. The van der Waals surface area contributed by atoms with Crippen LogP contribution >= 0.6 is 0 Å². The lowest BCUT2D eigenvalue weighted by molar-refractivity contribution is -0.126. The molecule has 1 atom stereocenters. The highest BCUT2D eigenvalue weighted by Gasteiger charge is 2.35. The molecule has 0 bridgehead atoms. The summed E-state index contributed by atoms with van der Waals surface area (Å²) in [6, 6.07) is 10.3. The monoisotopic (exact) mass is 419 g/mol. The molecule has 158 valence electrons. The summed E-state index contributed by atoms with van der Waals surface area (Å²) in [6.45, 7) is 5.88. The fourth-order valence-electron chi connectivity index (χ4n) is 3.79. The van der Waals surface area contributed by atoms with Gasteiger partial charge >= 0.3 is 0 Å². The van der Waals surface area contributed by atoms with Crippen molar-refractivity contribution in [3.63, 3.8) is 0 Å². The Morgan fingerprint density at radius 1 is 1.24 bits per heavy atom. The summed E-state index contributed by atoms with van der Waals surface area (Å²) >= 11 is 0. The molecular weight excluding hydrogens is 390 g/mol. The van der Waals surface area contributed by atoms with Crippen molar-refractivity contribution in [2.45, 2.75) is 57.4 Å². The highest BCUT2D eigenvalue weighted by Crippen LogP contribution is 2.27. The lowest BCUT2D eigenvalue weighted by Gasteiger charge is -2.31. The molecule has 8 heteroatoms. The predicted molar refractivity (Wildman–Crippen MR) is 110 cm³/mol. The maximum atomic E-state index is 12.9. The van der Waals surface area contributed by atoms with Crippen molar-refractivity contribution in [3.8, 4) is 0 Å². The van der Waals surface area contributed by atoms with Crippen LogP contribution in [0.1, 0.15) is 43.2 Å². The summed E-state index contributed by atoms with van der Waals surface area (Å²) in [5, 5.41) is 6.83. The van der Waals surface area contributed by atoms with E-state index in [0.717, 1.165) is 12.8 Å². The minimum Gasteiger partial charge on any atom is -0.360 e. The molecule has 1 unspecified atom stereocenters. The zero-order valence-electron chi connectivity index (χ0n) is 17.2. The minimum absolute atomic E-state index is 0.0138. The third-order valence-electron chi connectivity index (χ3n) is 5.49. The number of aryl methyl sites for hydroxylation is 3. The normalized spacial score (nSPS) is 17.2. The van der Waals surface area contributed by atoms with E-state index in [-0.39, 0.29) is 22.8 Å². The third kappa shape index (κ3) is 5.05. The number of nitrogens with one attached hydrogen (secondary N) is 1. The van der Waals surface area contributed by atoms with Gasteiger partial charge in [0, 0.05) is 25.0 Å². The molecule has 0 radical (unpaired) electrons. The molecule has 2 heterocycles. The molecule has 1 saturated heterocycles. The molecule has 3 rings (SSSR count).